The van der Waals surface area contributed by atoms with Gasteiger partial charge in [-0.15, -0.1) is 0 Å². The molecule has 2 rings (SSSR count). The van der Waals surface area contributed by atoms with Crippen molar-refractivity contribution in [2.24, 2.45) is 0 Å². The van der Waals surface area contributed by atoms with E-state index in [1.807, 2.05) is 13.0 Å². The highest BCUT2D eigenvalue weighted by Gasteiger charge is 2.20. The van der Waals surface area contributed by atoms with E-state index in [0.717, 1.165) is 35.4 Å². The molecule has 0 radical (unpaired) electrons. The first-order chi connectivity index (χ1) is 6.72. The maximum Gasteiger partial charge on any atom is 0.165 e. The van der Waals surface area contributed by atoms with E-state index in [4.69, 9.17) is 0 Å². The topological polar surface area (TPSA) is 30.0 Å². The lowest BCUT2D eigenvalue weighted by molar-refractivity contribution is 0.0971. The number of Topliss-reactive ketones (excluding diaryl/α,β-unsaturated/α-hetero) is 1. The van der Waals surface area contributed by atoms with Gasteiger partial charge in [0.05, 0.1) is 5.69 Å². The number of hydrogen-bond donors (Lipinski definition) is 0. The molecule has 0 aromatic carbocycles. The molecule has 0 aliphatic heterocycles. The summed E-state index contributed by atoms with van der Waals surface area (Å²) in [5, 5.41) is 0. The highest BCUT2D eigenvalue weighted by atomic mass is 16.1. The third kappa shape index (κ3) is 1.37. The summed E-state index contributed by atoms with van der Waals surface area (Å²) in [6.45, 7) is 5.69. The van der Waals surface area contributed by atoms with E-state index in [-0.39, 0.29) is 5.78 Å². The zero-order valence-electron chi connectivity index (χ0n) is 8.34. The Morgan fingerprint density at radius 3 is 3.00 bits per heavy atom. The molecule has 0 bridgehead atoms. The molecule has 2 heteroatoms. The quantitative estimate of drug-likeness (QED) is 0.676. The van der Waals surface area contributed by atoms with Crippen LogP contribution in [0.1, 0.15) is 40.2 Å². The maximum absolute atomic E-state index is 11.7. The molecule has 72 valence electrons. The summed E-state index contributed by atoms with van der Waals surface area (Å²) in [6, 6.07) is 1.93. The van der Waals surface area contributed by atoms with Gasteiger partial charge in [0.25, 0.3) is 0 Å². The van der Waals surface area contributed by atoms with Crippen molar-refractivity contribution < 1.29 is 4.79 Å². The highest BCUT2D eigenvalue weighted by molar-refractivity contribution is 6.01. The molecule has 1 aromatic rings. The SMILES string of the molecule is C=Cc1cc(C)nc2c1C(=O)CCC2. The Bertz CT molecular complexity index is 407. The molecular weight excluding hydrogens is 174 g/mol. The van der Waals surface area contributed by atoms with Gasteiger partial charge in [0, 0.05) is 17.7 Å². The van der Waals surface area contributed by atoms with Gasteiger partial charge in [-0.3, -0.25) is 9.78 Å². The van der Waals surface area contributed by atoms with Gasteiger partial charge in [0.1, 0.15) is 0 Å². The van der Waals surface area contributed by atoms with Crippen LogP contribution < -0.4 is 0 Å². The minimum Gasteiger partial charge on any atom is -0.294 e. The lowest BCUT2D eigenvalue weighted by atomic mass is 9.90. The molecule has 1 heterocycles. The number of aryl methyl sites for hydroxylation is 2. The number of fused-ring (bicyclic) bond motifs is 1. The van der Waals surface area contributed by atoms with Crippen molar-refractivity contribution in [2.45, 2.75) is 26.2 Å². The van der Waals surface area contributed by atoms with Crippen LogP contribution in [0.25, 0.3) is 6.08 Å². The number of aromatic nitrogens is 1. The molecule has 1 aromatic heterocycles. The number of nitrogens with zero attached hydrogens (tertiary/aromatic N) is 1. The molecule has 0 saturated heterocycles. The third-order valence-electron chi connectivity index (χ3n) is 2.57. The van der Waals surface area contributed by atoms with E-state index in [1.165, 1.54) is 0 Å². The molecule has 1 aliphatic rings. The molecule has 0 saturated carbocycles. The van der Waals surface area contributed by atoms with Gasteiger partial charge < -0.3 is 0 Å². The van der Waals surface area contributed by atoms with E-state index in [2.05, 4.69) is 11.6 Å². The molecule has 2 nitrogen and oxygen atoms in total. The van der Waals surface area contributed by atoms with Crippen LogP contribution in [0, 0.1) is 6.92 Å². The Morgan fingerprint density at radius 1 is 1.50 bits per heavy atom. The molecule has 14 heavy (non-hydrogen) atoms. The van der Waals surface area contributed by atoms with E-state index >= 15 is 0 Å². The molecule has 0 spiro atoms. The fourth-order valence-electron chi connectivity index (χ4n) is 1.97. The standard InChI is InChI=1S/C12H13NO/c1-3-9-7-8(2)13-10-5-4-6-11(14)12(9)10/h3,7H,1,4-6H2,2H3. The van der Waals surface area contributed by atoms with Gasteiger partial charge in [0.15, 0.2) is 5.78 Å². The summed E-state index contributed by atoms with van der Waals surface area (Å²) in [5.74, 6) is 0.216. The largest absolute Gasteiger partial charge is 0.294 e. The minimum absolute atomic E-state index is 0.216. The zero-order valence-corrected chi connectivity index (χ0v) is 8.34. The summed E-state index contributed by atoms with van der Waals surface area (Å²) in [6.07, 6.45) is 4.25. The molecule has 0 unspecified atom stereocenters. The first-order valence-corrected chi connectivity index (χ1v) is 4.88. The number of ketones is 1. The summed E-state index contributed by atoms with van der Waals surface area (Å²) in [5.41, 5.74) is 3.67. The van der Waals surface area contributed by atoms with Crippen LogP contribution in [-0.4, -0.2) is 10.8 Å². The summed E-state index contributed by atoms with van der Waals surface area (Å²) >= 11 is 0. The highest BCUT2D eigenvalue weighted by Crippen LogP contribution is 2.24. The van der Waals surface area contributed by atoms with Gasteiger partial charge in [-0.25, -0.2) is 0 Å². The summed E-state index contributed by atoms with van der Waals surface area (Å²) in [4.78, 5) is 16.1. The lowest BCUT2D eigenvalue weighted by Gasteiger charge is -2.16. The number of rotatable bonds is 1. The second-order valence-corrected chi connectivity index (χ2v) is 3.66. The van der Waals surface area contributed by atoms with Crippen LogP contribution in [0.4, 0.5) is 0 Å². The number of hydrogen-bond acceptors (Lipinski definition) is 2. The van der Waals surface area contributed by atoms with E-state index in [0.29, 0.717) is 6.42 Å². The fraction of sp³-hybridized carbons (Fsp3) is 0.333. The second-order valence-electron chi connectivity index (χ2n) is 3.66. The molecular formula is C12H13NO. The smallest absolute Gasteiger partial charge is 0.165 e. The summed E-state index contributed by atoms with van der Waals surface area (Å²) in [7, 11) is 0. The van der Waals surface area contributed by atoms with Crippen molar-refractivity contribution in [3.8, 4) is 0 Å². The molecule has 1 aliphatic carbocycles. The monoisotopic (exact) mass is 187 g/mol. The maximum atomic E-state index is 11.7. The Kier molecular flexibility index (Phi) is 2.20. The average Bonchev–Trinajstić information content (AvgIpc) is 2.16. The van der Waals surface area contributed by atoms with Crippen molar-refractivity contribution in [3.05, 3.63) is 35.2 Å². The van der Waals surface area contributed by atoms with Gasteiger partial charge in [-0.2, -0.15) is 0 Å². The first kappa shape index (κ1) is 9.13. The predicted octanol–water partition coefficient (Wildman–Crippen LogP) is 2.55. The van der Waals surface area contributed by atoms with Crippen LogP contribution >= 0.6 is 0 Å². The van der Waals surface area contributed by atoms with Crippen molar-refractivity contribution >= 4 is 11.9 Å². The average molecular weight is 187 g/mol. The Hall–Kier alpha value is -1.44. The van der Waals surface area contributed by atoms with Crippen molar-refractivity contribution in [3.63, 3.8) is 0 Å². The third-order valence-corrected chi connectivity index (χ3v) is 2.57. The van der Waals surface area contributed by atoms with Crippen LogP contribution in [0.5, 0.6) is 0 Å². The second kappa shape index (κ2) is 3.37. The normalized spacial score (nSPS) is 15.1. The number of carbonyl (C=O) groups excluding carboxylic acids is 1. The minimum atomic E-state index is 0.216. The lowest BCUT2D eigenvalue weighted by Crippen LogP contribution is -2.15. The number of pyridine rings is 1. The van der Waals surface area contributed by atoms with Gasteiger partial charge in [-0.05, 0) is 31.4 Å². The first-order valence-electron chi connectivity index (χ1n) is 4.88. The summed E-state index contributed by atoms with van der Waals surface area (Å²) < 4.78 is 0. The number of carbonyl (C=O) groups is 1. The van der Waals surface area contributed by atoms with E-state index in [9.17, 15) is 4.79 Å². The van der Waals surface area contributed by atoms with Crippen molar-refractivity contribution in [2.75, 3.05) is 0 Å². The molecule has 0 fully saturated rings. The van der Waals surface area contributed by atoms with E-state index < -0.39 is 0 Å². The predicted molar refractivity (Wildman–Crippen MR) is 56.3 cm³/mol. The van der Waals surface area contributed by atoms with Gasteiger partial charge >= 0.3 is 0 Å². The zero-order chi connectivity index (χ0) is 10.1. The van der Waals surface area contributed by atoms with Crippen molar-refractivity contribution in [1.29, 1.82) is 0 Å². The van der Waals surface area contributed by atoms with Crippen LogP contribution in [0.2, 0.25) is 0 Å². The Balaban J connectivity index is 2.67. The van der Waals surface area contributed by atoms with Crippen LogP contribution in [-0.2, 0) is 6.42 Å². The molecule has 0 atom stereocenters. The Labute approximate surface area is 83.7 Å². The van der Waals surface area contributed by atoms with E-state index in [1.54, 1.807) is 6.08 Å². The Morgan fingerprint density at radius 2 is 2.29 bits per heavy atom. The molecule has 0 N–H and O–H groups in total. The van der Waals surface area contributed by atoms with Gasteiger partial charge in [-0.1, -0.05) is 12.7 Å². The molecule has 0 amide bonds. The van der Waals surface area contributed by atoms with Crippen LogP contribution in [0.15, 0.2) is 12.6 Å². The fourth-order valence-corrected chi connectivity index (χ4v) is 1.97. The van der Waals surface area contributed by atoms with Crippen LogP contribution in [0.3, 0.4) is 0 Å². The van der Waals surface area contributed by atoms with Gasteiger partial charge in [0.2, 0.25) is 0 Å². The van der Waals surface area contributed by atoms with Crippen molar-refractivity contribution in [1.82, 2.24) is 4.98 Å².